The van der Waals surface area contributed by atoms with Crippen molar-refractivity contribution in [1.82, 2.24) is 9.97 Å². The van der Waals surface area contributed by atoms with Crippen LogP contribution in [0.15, 0.2) is 30.6 Å². The van der Waals surface area contributed by atoms with Gasteiger partial charge in [0.05, 0.1) is 36.0 Å². The molecule has 2 aromatic rings. The SMILES string of the molecule is CC(C)(C)[C@H](OCN1CN([C@H]2CC(O)[C@@H](CO)O2)c2ncnc(N)c21)c1ccccc1[N+](=O)[O-]. The van der Waals surface area contributed by atoms with Crippen LogP contribution in [0.3, 0.4) is 0 Å². The van der Waals surface area contributed by atoms with Gasteiger partial charge < -0.3 is 35.2 Å². The summed E-state index contributed by atoms with van der Waals surface area (Å²) in [6.07, 6.45) is -0.927. The van der Waals surface area contributed by atoms with E-state index in [0.717, 1.165) is 0 Å². The molecule has 0 saturated carbocycles. The molecule has 4 N–H and O–H groups in total. The zero-order valence-corrected chi connectivity index (χ0v) is 19.4. The van der Waals surface area contributed by atoms with E-state index in [4.69, 9.17) is 15.2 Å². The molecule has 12 nitrogen and oxygen atoms in total. The molecule has 1 aromatic heterocycles. The normalized spacial score (nSPS) is 23.3. The maximum absolute atomic E-state index is 11.6. The summed E-state index contributed by atoms with van der Waals surface area (Å²) in [4.78, 5) is 23.4. The number of fused-ring (bicyclic) bond motifs is 1. The summed E-state index contributed by atoms with van der Waals surface area (Å²) in [7, 11) is 0. The highest BCUT2D eigenvalue weighted by Crippen LogP contribution is 2.43. The zero-order chi connectivity index (χ0) is 24.6. The molecule has 2 aliphatic rings. The minimum absolute atomic E-state index is 0.00268. The number of nitrogens with two attached hydrogens (primary N) is 1. The van der Waals surface area contributed by atoms with Gasteiger partial charge in [0.2, 0.25) is 0 Å². The molecule has 184 valence electrons. The number of nitrogens with zero attached hydrogens (tertiary/aromatic N) is 5. The van der Waals surface area contributed by atoms with Crippen molar-refractivity contribution in [1.29, 1.82) is 0 Å². The fourth-order valence-electron chi connectivity index (χ4n) is 4.47. The van der Waals surface area contributed by atoms with Crippen LogP contribution in [0.4, 0.5) is 23.0 Å². The largest absolute Gasteiger partial charge is 0.394 e. The molecular formula is C22H30N6O6. The van der Waals surface area contributed by atoms with Crippen LogP contribution in [0.1, 0.15) is 38.9 Å². The van der Waals surface area contributed by atoms with Gasteiger partial charge in [0, 0.05) is 12.5 Å². The summed E-state index contributed by atoms with van der Waals surface area (Å²) in [6.45, 7) is 5.94. The minimum atomic E-state index is -0.799. The van der Waals surface area contributed by atoms with Crippen LogP contribution in [0.2, 0.25) is 0 Å². The fourth-order valence-corrected chi connectivity index (χ4v) is 4.47. The van der Waals surface area contributed by atoms with E-state index >= 15 is 0 Å². The predicted octanol–water partition coefficient (Wildman–Crippen LogP) is 1.78. The smallest absolute Gasteiger partial charge is 0.275 e. The maximum Gasteiger partial charge on any atom is 0.275 e. The van der Waals surface area contributed by atoms with Gasteiger partial charge in [-0.1, -0.05) is 32.9 Å². The maximum atomic E-state index is 11.6. The number of hydrogen-bond donors (Lipinski definition) is 3. The number of hydrogen-bond acceptors (Lipinski definition) is 11. The van der Waals surface area contributed by atoms with Crippen LogP contribution in [-0.4, -0.2) is 63.5 Å². The Morgan fingerprint density at radius 1 is 1.35 bits per heavy atom. The highest BCUT2D eigenvalue weighted by atomic mass is 16.6. The first kappa shape index (κ1) is 24.1. The summed E-state index contributed by atoms with van der Waals surface area (Å²) in [5, 5.41) is 31.3. The highest BCUT2D eigenvalue weighted by Gasteiger charge is 2.43. The molecule has 3 heterocycles. The van der Waals surface area contributed by atoms with Crippen LogP contribution in [0, 0.1) is 15.5 Å². The first-order valence-corrected chi connectivity index (χ1v) is 11.0. The van der Waals surface area contributed by atoms with Crippen molar-refractivity contribution in [2.24, 2.45) is 5.41 Å². The number of para-hydroxylation sites is 1. The van der Waals surface area contributed by atoms with Crippen LogP contribution in [-0.2, 0) is 9.47 Å². The molecule has 0 spiro atoms. The Hall–Kier alpha value is -3.06. The number of aliphatic hydroxyl groups excluding tert-OH is 2. The quantitative estimate of drug-likeness (QED) is 0.396. The summed E-state index contributed by atoms with van der Waals surface area (Å²) < 4.78 is 12.1. The molecule has 4 atom stereocenters. The Morgan fingerprint density at radius 2 is 2.09 bits per heavy atom. The third-order valence-corrected chi connectivity index (χ3v) is 6.07. The number of nitro benzene ring substituents is 1. The van der Waals surface area contributed by atoms with Crippen LogP contribution >= 0.6 is 0 Å². The molecule has 1 fully saturated rings. The van der Waals surface area contributed by atoms with Gasteiger partial charge >= 0.3 is 0 Å². The molecule has 1 aromatic carbocycles. The van der Waals surface area contributed by atoms with Crippen molar-refractivity contribution in [3.8, 4) is 0 Å². The summed E-state index contributed by atoms with van der Waals surface area (Å²) in [6, 6.07) is 6.56. The molecule has 1 saturated heterocycles. The lowest BCUT2D eigenvalue weighted by atomic mass is 9.84. The molecule has 4 rings (SSSR count). The highest BCUT2D eigenvalue weighted by molar-refractivity contribution is 5.81. The number of rotatable bonds is 7. The summed E-state index contributed by atoms with van der Waals surface area (Å²) >= 11 is 0. The van der Waals surface area contributed by atoms with E-state index in [1.807, 2.05) is 30.6 Å². The Balaban J connectivity index is 1.60. The predicted molar refractivity (Wildman–Crippen MR) is 124 cm³/mol. The fraction of sp³-hybridized carbons (Fsp3) is 0.545. The van der Waals surface area contributed by atoms with Gasteiger partial charge in [-0.15, -0.1) is 0 Å². The number of ether oxygens (including phenoxy) is 2. The van der Waals surface area contributed by atoms with Crippen molar-refractivity contribution in [3.05, 3.63) is 46.3 Å². The van der Waals surface area contributed by atoms with Gasteiger partial charge in [0.15, 0.2) is 11.6 Å². The lowest BCUT2D eigenvalue weighted by Crippen LogP contribution is -2.40. The van der Waals surface area contributed by atoms with E-state index in [9.17, 15) is 20.3 Å². The van der Waals surface area contributed by atoms with Crippen molar-refractivity contribution in [2.75, 3.05) is 35.5 Å². The molecule has 1 unspecified atom stereocenters. The second kappa shape index (κ2) is 9.29. The average Bonchev–Trinajstić information content (AvgIpc) is 3.34. The number of nitro groups is 1. The molecule has 0 amide bonds. The molecule has 12 heteroatoms. The summed E-state index contributed by atoms with van der Waals surface area (Å²) in [5.74, 6) is 0.788. The van der Waals surface area contributed by atoms with Gasteiger partial charge in [-0.3, -0.25) is 10.1 Å². The third-order valence-electron chi connectivity index (χ3n) is 6.07. The lowest BCUT2D eigenvalue weighted by molar-refractivity contribution is -0.386. The zero-order valence-electron chi connectivity index (χ0n) is 19.4. The minimum Gasteiger partial charge on any atom is -0.394 e. The molecule has 0 bridgehead atoms. The second-order valence-corrected chi connectivity index (χ2v) is 9.55. The number of aromatic nitrogens is 2. The number of aliphatic hydroxyl groups is 2. The van der Waals surface area contributed by atoms with Crippen molar-refractivity contribution in [3.63, 3.8) is 0 Å². The average molecular weight is 475 g/mol. The second-order valence-electron chi connectivity index (χ2n) is 9.55. The molecule has 34 heavy (non-hydrogen) atoms. The Labute approximate surface area is 197 Å². The number of benzene rings is 1. The monoisotopic (exact) mass is 474 g/mol. The van der Waals surface area contributed by atoms with Crippen LogP contribution in [0.25, 0.3) is 0 Å². The van der Waals surface area contributed by atoms with Crippen molar-refractivity contribution < 1.29 is 24.6 Å². The van der Waals surface area contributed by atoms with E-state index in [1.165, 1.54) is 12.4 Å². The Bertz CT molecular complexity index is 1050. The molecular weight excluding hydrogens is 444 g/mol. The Morgan fingerprint density at radius 3 is 2.74 bits per heavy atom. The Kier molecular flexibility index (Phi) is 6.58. The standard InChI is InChI=1S/C22H30N6O6/c1-22(2,3)19(13-6-4-5-7-14(13)28(31)32)33-12-26-11-27(17-8-15(30)16(9-29)34-17)21-18(26)20(23)24-10-25-21/h4-7,10,15-17,19,29-30H,8-9,11-12H2,1-3H3,(H2,23,24,25)/t15?,16-,17-,19-/m1/s1. The summed E-state index contributed by atoms with van der Waals surface area (Å²) in [5.41, 5.74) is 6.78. The van der Waals surface area contributed by atoms with Gasteiger partial charge in [-0.25, -0.2) is 9.97 Å². The van der Waals surface area contributed by atoms with Gasteiger partial charge in [-0.2, -0.15) is 0 Å². The first-order chi connectivity index (χ1) is 16.1. The van der Waals surface area contributed by atoms with E-state index in [1.54, 1.807) is 18.2 Å². The van der Waals surface area contributed by atoms with Crippen molar-refractivity contribution in [2.45, 2.75) is 51.7 Å². The van der Waals surface area contributed by atoms with Crippen molar-refractivity contribution >= 4 is 23.0 Å². The van der Waals surface area contributed by atoms with Gasteiger partial charge in [-0.05, 0) is 11.5 Å². The van der Waals surface area contributed by atoms with Gasteiger partial charge in [0.1, 0.15) is 31.1 Å². The van der Waals surface area contributed by atoms with Crippen LogP contribution < -0.4 is 15.5 Å². The van der Waals surface area contributed by atoms with E-state index in [-0.39, 0.29) is 24.8 Å². The molecule has 2 aliphatic heterocycles. The molecule has 0 aliphatic carbocycles. The van der Waals surface area contributed by atoms with E-state index in [2.05, 4.69) is 9.97 Å². The first-order valence-electron chi connectivity index (χ1n) is 11.0. The van der Waals surface area contributed by atoms with Gasteiger partial charge in [0.25, 0.3) is 5.69 Å². The molecule has 0 radical (unpaired) electrons. The third kappa shape index (κ3) is 4.49. The number of anilines is 3. The number of nitrogen functional groups attached to an aromatic ring is 1. The van der Waals surface area contributed by atoms with Crippen LogP contribution in [0.5, 0.6) is 0 Å². The lowest BCUT2D eigenvalue weighted by Gasteiger charge is -2.33. The van der Waals surface area contributed by atoms with E-state index in [0.29, 0.717) is 30.2 Å². The topological polar surface area (TPSA) is 160 Å². The van der Waals surface area contributed by atoms with E-state index < -0.39 is 34.9 Å².